The molecule has 2 amide bonds. The minimum atomic E-state index is -3.47. The van der Waals surface area contributed by atoms with Crippen LogP contribution in [-0.4, -0.2) is 63.4 Å². The lowest BCUT2D eigenvalue weighted by Gasteiger charge is -2.31. The number of nitrogens with zero attached hydrogens (tertiary/aromatic N) is 1. The van der Waals surface area contributed by atoms with E-state index >= 15 is 0 Å². The van der Waals surface area contributed by atoms with E-state index in [1.807, 2.05) is 12.1 Å². The van der Waals surface area contributed by atoms with E-state index in [0.29, 0.717) is 25.9 Å². The summed E-state index contributed by atoms with van der Waals surface area (Å²) >= 11 is 0. The molecule has 0 atom stereocenters. The van der Waals surface area contributed by atoms with E-state index in [-0.39, 0.29) is 12.3 Å². The molecular weight excluding hydrogens is 344 g/mol. The van der Waals surface area contributed by atoms with Crippen LogP contribution in [0.1, 0.15) is 18.4 Å². The van der Waals surface area contributed by atoms with Crippen LogP contribution in [0.15, 0.2) is 24.3 Å². The first kappa shape index (κ1) is 19.2. The molecule has 1 N–H and O–H groups in total. The van der Waals surface area contributed by atoms with Crippen LogP contribution in [0, 0.1) is 0 Å². The highest BCUT2D eigenvalue weighted by Crippen LogP contribution is 2.20. The fraction of sp³-hybridized carbons (Fsp3) is 0.529. The van der Waals surface area contributed by atoms with Crippen LogP contribution in [0.3, 0.4) is 0 Å². The van der Waals surface area contributed by atoms with Gasteiger partial charge in [0, 0.05) is 20.1 Å². The first-order chi connectivity index (χ1) is 11.9. The number of methoxy groups -OCH3 is 1. The van der Waals surface area contributed by atoms with Crippen LogP contribution in [0.25, 0.3) is 0 Å². The average molecular weight is 368 g/mol. The number of hydrogen-bond donors (Lipinski definition) is 1. The molecule has 1 heterocycles. The number of nitrogens with one attached hydrogen (secondary N) is 1. The molecule has 0 aliphatic carbocycles. The molecule has 8 heteroatoms. The van der Waals surface area contributed by atoms with Gasteiger partial charge in [-0.25, -0.2) is 8.42 Å². The van der Waals surface area contributed by atoms with Crippen molar-refractivity contribution in [3.63, 3.8) is 0 Å². The van der Waals surface area contributed by atoms with Gasteiger partial charge in [0.15, 0.2) is 9.84 Å². The summed E-state index contributed by atoms with van der Waals surface area (Å²) in [5.74, 6) is -0.280. The summed E-state index contributed by atoms with van der Waals surface area (Å²) in [6.07, 6.45) is 1.01. The highest BCUT2D eigenvalue weighted by atomic mass is 32.2. The first-order valence-corrected chi connectivity index (χ1v) is 9.90. The topological polar surface area (TPSA) is 92.8 Å². The van der Waals surface area contributed by atoms with E-state index in [0.717, 1.165) is 11.3 Å². The Labute approximate surface area is 148 Å². The van der Waals surface area contributed by atoms with Gasteiger partial charge < -0.3 is 15.0 Å². The average Bonchev–Trinajstić information content (AvgIpc) is 2.62. The van der Waals surface area contributed by atoms with Crippen molar-refractivity contribution >= 4 is 21.7 Å². The van der Waals surface area contributed by atoms with E-state index in [4.69, 9.17) is 4.74 Å². The summed E-state index contributed by atoms with van der Waals surface area (Å²) in [5.41, 5.74) is 0.889. The van der Waals surface area contributed by atoms with Crippen LogP contribution < -0.4 is 10.1 Å². The van der Waals surface area contributed by atoms with Gasteiger partial charge in [-0.2, -0.15) is 0 Å². The van der Waals surface area contributed by atoms with E-state index in [1.165, 1.54) is 7.05 Å². The molecule has 0 saturated carbocycles. The second kappa shape index (κ2) is 8.33. The molecule has 0 spiro atoms. The van der Waals surface area contributed by atoms with Gasteiger partial charge in [-0.1, -0.05) is 12.1 Å². The Bertz CT molecular complexity index is 707. The summed E-state index contributed by atoms with van der Waals surface area (Å²) in [7, 11) is -0.473. The lowest BCUT2D eigenvalue weighted by molar-refractivity contribution is -0.131. The number of carbonyl (C=O) groups excluding carboxylic acids is 2. The third-order valence-electron chi connectivity index (χ3n) is 4.43. The molecule has 0 aromatic heterocycles. The molecular formula is C17H24N2O5S. The lowest BCUT2D eigenvalue weighted by Crippen LogP contribution is -2.44. The molecule has 1 aromatic rings. The fourth-order valence-electron chi connectivity index (χ4n) is 2.87. The van der Waals surface area contributed by atoms with Gasteiger partial charge in [0.25, 0.3) is 0 Å². The Balaban J connectivity index is 1.88. The Morgan fingerprint density at radius 2 is 1.80 bits per heavy atom. The zero-order chi connectivity index (χ0) is 18.4. The summed E-state index contributed by atoms with van der Waals surface area (Å²) in [4.78, 5) is 25.4. The van der Waals surface area contributed by atoms with Gasteiger partial charge in [0.1, 0.15) is 11.5 Å². The van der Waals surface area contributed by atoms with Crippen LogP contribution in [-0.2, 0) is 25.8 Å². The third-order valence-corrected chi connectivity index (χ3v) is 6.58. The number of sulfone groups is 1. The van der Waals surface area contributed by atoms with Crippen molar-refractivity contribution < 1.29 is 22.7 Å². The van der Waals surface area contributed by atoms with E-state index in [1.54, 1.807) is 24.1 Å². The molecule has 0 radical (unpaired) electrons. The fourth-order valence-corrected chi connectivity index (χ4v) is 4.54. The highest BCUT2D eigenvalue weighted by molar-refractivity contribution is 7.92. The van der Waals surface area contributed by atoms with Crippen molar-refractivity contribution in [3.05, 3.63) is 29.8 Å². The van der Waals surface area contributed by atoms with Crippen molar-refractivity contribution in [2.45, 2.75) is 24.5 Å². The van der Waals surface area contributed by atoms with Crippen molar-refractivity contribution in [2.75, 3.05) is 33.0 Å². The number of carbonyl (C=O) groups is 2. The smallest absolute Gasteiger partial charge is 0.234 e. The first-order valence-electron chi connectivity index (χ1n) is 8.18. The van der Waals surface area contributed by atoms with Gasteiger partial charge in [-0.15, -0.1) is 0 Å². The number of ether oxygens (including phenoxy) is 1. The van der Waals surface area contributed by atoms with Gasteiger partial charge in [0.2, 0.25) is 11.8 Å². The second-order valence-electron chi connectivity index (χ2n) is 6.09. The molecule has 1 aliphatic heterocycles. The van der Waals surface area contributed by atoms with Crippen LogP contribution >= 0.6 is 0 Å². The minimum absolute atomic E-state index is 0.0210. The van der Waals surface area contributed by atoms with Crippen molar-refractivity contribution in [1.82, 2.24) is 10.2 Å². The number of benzene rings is 1. The number of piperidine rings is 1. The quantitative estimate of drug-likeness (QED) is 0.784. The van der Waals surface area contributed by atoms with Gasteiger partial charge >= 0.3 is 0 Å². The molecule has 1 saturated heterocycles. The third kappa shape index (κ3) is 5.19. The molecule has 2 rings (SSSR count). The maximum Gasteiger partial charge on any atom is 0.234 e. The maximum absolute atomic E-state index is 12.4. The Morgan fingerprint density at radius 1 is 1.20 bits per heavy atom. The lowest BCUT2D eigenvalue weighted by atomic mass is 10.1. The molecule has 0 unspecified atom stereocenters. The predicted octanol–water partition coefficient (Wildman–Crippen LogP) is 0.390. The van der Waals surface area contributed by atoms with E-state index in [2.05, 4.69) is 5.32 Å². The van der Waals surface area contributed by atoms with Gasteiger partial charge in [0.05, 0.1) is 18.8 Å². The van der Waals surface area contributed by atoms with E-state index < -0.39 is 26.7 Å². The van der Waals surface area contributed by atoms with Crippen molar-refractivity contribution in [3.8, 4) is 5.75 Å². The highest BCUT2D eigenvalue weighted by Gasteiger charge is 2.32. The molecule has 1 aliphatic rings. The predicted molar refractivity (Wildman–Crippen MR) is 94.2 cm³/mol. The zero-order valence-electron chi connectivity index (χ0n) is 14.5. The summed E-state index contributed by atoms with van der Waals surface area (Å²) in [5, 5.41) is 1.77. The van der Waals surface area contributed by atoms with E-state index in [9.17, 15) is 18.0 Å². The molecule has 1 aromatic carbocycles. The normalized spacial score (nSPS) is 15.7. The standard InChI is InChI=1S/C17H24N2O5S/c1-18-16(20)12-25(22,23)15-7-9-19(10-8-15)17(21)11-13-3-5-14(24-2)6-4-13/h3-6,15H,7-12H2,1-2H3,(H,18,20). The number of likely N-dealkylation sites (tertiary alicyclic amines) is 1. The molecule has 7 nitrogen and oxygen atoms in total. The monoisotopic (exact) mass is 368 g/mol. The Morgan fingerprint density at radius 3 is 2.32 bits per heavy atom. The van der Waals surface area contributed by atoms with Crippen molar-refractivity contribution in [2.24, 2.45) is 0 Å². The maximum atomic E-state index is 12.4. The summed E-state index contributed by atoms with van der Waals surface area (Å²) in [6.45, 7) is 0.791. The van der Waals surface area contributed by atoms with Crippen LogP contribution in [0.5, 0.6) is 5.75 Å². The summed E-state index contributed by atoms with van der Waals surface area (Å²) in [6, 6.07) is 7.30. The zero-order valence-corrected chi connectivity index (χ0v) is 15.3. The Kier molecular flexibility index (Phi) is 6.41. The Hall–Kier alpha value is -2.09. The number of amides is 2. The number of rotatable bonds is 6. The SMILES string of the molecule is CNC(=O)CS(=O)(=O)C1CCN(C(=O)Cc2ccc(OC)cc2)CC1. The largest absolute Gasteiger partial charge is 0.497 e. The van der Waals surface area contributed by atoms with Gasteiger partial charge in [-0.3, -0.25) is 9.59 Å². The molecule has 138 valence electrons. The van der Waals surface area contributed by atoms with Crippen LogP contribution in [0.2, 0.25) is 0 Å². The molecule has 1 fully saturated rings. The van der Waals surface area contributed by atoms with Crippen molar-refractivity contribution in [1.29, 1.82) is 0 Å². The van der Waals surface area contributed by atoms with Crippen LogP contribution in [0.4, 0.5) is 0 Å². The second-order valence-corrected chi connectivity index (χ2v) is 8.37. The minimum Gasteiger partial charge on any atom is -0.497 e. The molecule has 25 heavy (non-hydrogen) atoms. The van der Waals surface area contributed by atoms with Gasteiger partial charge in [-0.05, 0) is 30.5 Å². The number of hydrogen-bond acceptors (Lipinski definition) is 5. The molecule has 0 bridgehead atoms. The summed E-state index contributed by atoms with van der Waals surface area (Å²) < 4.78 is 29.5.